The van der Waals surface area contributed by atoms with Gasteiger partial charge in [-0.1, -0.05) is 44.4 Å². The SMILES string of the molecule is CCCC(CCC)S(=O)(=O)c1ccc(Nc2ncc(NC(=O)c3cc(NC(=O)c4cccs4)ccc3Cl)cn2)cc1. The largest absolute Gasteiger partial charge is 0.324 e. The van der Waals surface area contributed by atoms with Gasteiger partial charge >= 0.3 is 0 Å². The number of sulfone groups is 1. The van der Waals surface area contributed by atoms with Crippen molar-refractivity contribution in [3.05, 3.63) is 87.8 Å². The number of thiophene rings is 1. The van der Waals surface area contributed by atoms with Crippen LogP contribution in [0.25, 0.3) is 0 Å². The maximum absolute atomic E-state index is 13.0. The molecule has 0 aliphatic heterocycles. The van der Waals surface area contributed by atoms with E-state index in [9.17, 15) is 18.0 Å². The van der Waals surface area contributed by atoms with E-state index in [0.29, 0.717) is 39.7 Å². The topological polar surface area (TPSA) is 130 Å². The Bertz CT molecular complexity index is 1590. The minimum Gasteiger partial charge on any atom is -0.324 e. The molecule has 12 heteroatoms. The molecule has 2 aromatic carbocycles. The molecule has 41 heavy (non-hydrogen) atoms. The van der Waals surface area contributed by atoms with Gasteiger partial charge in [0.25, 0.3) is 11.8 Å². The zero-order chi connectivity index (χ0) is 29.4. The smallest absolute Gasteiger partial charge is 0.265 e. The third-order valence-electron chi connectivity index (χ3n) is 6.22. The lowest BCUT2D eigenvalue weighted by molar-refractivity contribution is 0.101. The van der Waals surface area contributed by atoms with Gasteiger partial charge in [-0.2, -0.15) is 0 Å². The van der Waals surface area contributed by atoms with Crippen LogP contribution < -0.4 is 16.0 Å². The summed E-state index contributed by atoms with van der Waals surface area (Å²) in [6.07, 6.45) is 5.76. The van der Waals surface area contributed by atoms with E-state index in [2.05, 4.69) is 25.9 Å². The van der Waals surface area contributed by atoms with E-state index in [-0.39, 0.29) is 27.7 Å². The lowest BCUT2D eigenvalue weighted by atomic mass is 10.1. The number of halogens is 1. The molecule has 3 N–H and O–H groups in total. The fourth-order valence-electron chi connectivity index (χ4n) is 4.18. The summed E-state index contributed by atoms with van der Waals surface area (Å²) in [6.45, 7) is 3.98. The number of rotatable bonds is 12. The Morgan fingerprint density at radius 1 is 0.878 bits per heavy atom. The molecule has 9 nitrogen and oxygen atoms in total. The molecule has 214 valence electrons. The van der Waals surface area contributed by atoms with Gasteiger partial charge in [0.15, 0.2) is 9.84 Å². The first-order valence-electron chi connectivity index (χ1n) is 13.1. The molecule has 0 atom stereocenters. The Labute approximate surface area is 248 Å². The number of nitrogens with zero attached hydrogens (tertiary/aromatic N) is 2. The summed E-state index contributed by atoms with van der Waals surface area (Å²) in [7, 11) is -3.41. The van der Waals surface area contributed by atoms with Gasteiger partial charge < -0.3 is 16.0 Å². The van der Waals surface area contributed by atoms with Crippen molar-refractivity contribution in [3.63, 3.8) is 0 Å². The molecule has 0 radical (unpaired) electrons. The van der Waals surface area contributed by atoms with Crippen LogP contribution in [-0.2, 0) is 9.84 Å². The predicted octanol–water partition coefficient (Wildman–Crippen LogP) is 7.18. The van der Waals surface area contributed by atoms with Crippen molar-refractivity contribution in [2.75, 3.05) is 16.0 Å². The van der Waals surface area contributed by atoms with E-state index in [1.165, 1.54) is 35.9 Å². The molecule has 2 aromatic heterocycles. The summed E-state index contributed by atoms with van der Waals surface area (Å²) < 4.78 is 26.1. The summed E-state index contributed by atoms with van der Waals surface area (Å²) in [5, 5.41) is 10.1. The Morgan fingerprint density at radius 3 is 2.12 bits per heavy atom. The maximum Gasteiger partial charge on any atom is 0.265 e. The molecule has 4 aromatic rings. The number of hydrogen-bond donors (Lipinski definition) is 3. The standard InChI is InChI=1S/C29H30ClN5O4S2/c1-3-6-22(7-4-2)41(38,39)23-12-9-19(10-13-23)35-29-31-17-21(18-32-29)34-27(36)24-16-20(11-14-25(24)30)33-28(37)26-8-5-15-40-26/h5,8-18,22H,3-4,6-7H2,1-2H3,(H,33,37)(H,34,36)(H,31,32,35). The van der Waals surface area contributed by atoms with Crippen LogP contribution in [0.1, 0.15) is 59.6 Å². The highest BCUT2D eigenvalue weighted by molar-refractivity contribution is 7.92. The second-order valence-electron chi connectivity index (χ2n) is 9.27. The van der Waals surface area contributed by atoms with E-state index in [1.54, 1.807) is 47.8 Å². The summed E-state index contributed by atoms with van der Waals surface area (Å²) in [5.41, 5.74) is 1.56. The van der Waals surface area contributed by atoms with Crippen LogP contribution in [0.5, 0.6) is 0 Å². The monoisotopic (exact) mass is 611 g/mol. The molecule has 0 spiro atoms. The average Bonchev–Trinajstić information content (AvgIpc) is 3.51. The van der Waals surface area contributed by atoms with Crippen LogP contribution in [0.4, 0.5) is 23.0 Å². The van der Waals surface area contributed by atoms with Crippen molar-refractivity contribution in [2.24, 2.45) is 0 Å². The number of nitrogens with one attached hydrogen (secondary N) is 3. The molecule has 0 saturated heterocycles. The molecular formula is C29H30ClN5O4S2. The van der Waals surface area contributed by atoms with Gasteiger partial charge in [0, 0.05) is 11.4 Å². The third kappa shape index (κ3) is 7.69. The number of carbonyl (C=O) groups is 2. The van der Waals surface area contributed by atoms with Crippen LogP contribution in [0, 0.1) is 0 Å². The molecule has 2 heterocycles. The number of aromatic nitrogens is 2. The highest BCUT2D eigenvalue weighted by Gasteiger charge is 2.26. The van der Waals surface area contributed by atoms with E-state index >= 15 is 0 Å². The van der Waals surface area contributed by atoms with Crippen LogP contribution in [0.2, 0.25) is 5.02 Å². The molecule has 0 unspecified atom stereocenters. The van der Waals surface area contributed by atoms with Crippen LogP contribution in [0.3, 0.4) is 0 Å². The van der Waals surface area contributed by atoms with Crippen LogP contribution in [-0.4, -0.2) is 35.5 Å². The lowest BCUT2D eigenvalue weighted by Crippen LogP contribution is -2.21. The zero-order valence-electron chi connectivity index (χ0n) is 22.6. The number of amides is 2. The van der Waals surface area contributed by atoms with Crippen LogP contribution in [0.15, 0.2) is 77.3 Å². The normalized spacial score (nSPS) is 11.3. The fraction of sp³-hybridized carbons (Fsp3) is 0.241. The minimum atomic E-state index is -3.41. The second kappa shape index (κ2) is 13.7. The van der Waals surface area contributed by atoms with Gasteiger partial charge in [-0.15, -0.1) is 11.3 Å². The fourth-order valence-corrected chi connectivity index (χ4v) is 7.00. The summed E-state index contributed by atoms with van der Waals surface area (Å²) >= 11 is 7.56. The van der Waals surface area contributed by atoms with Gasteiger partial charge in [-0.3, -0.25) is 9.59 Å². The predicted molar refractivity (Wildman–Crippen MR) is 164 cm³/mol. The average molecular weight is 612 g/mol. The van der Waals surface area contributed by atoms with E-state index in [4.69, 9.17) is 11.6 Å². The summed E-state index contributed by atoms with van der Waals surface area (Å²) in [5.74, 6) is -0.504. The van der Waals surface area contributed by atoms with Crippen molar-refractivity contribution in [1.82, 2.24) is 9.97 Å². The number of hydrogen-bond acceptors (Lipinski definition) is 8. The van der Waals surface area contributed by atoms with Crippen molar-refractivity contribution >= 4 is 67.6 Å². The number of carbonyl (C=O) groups excluding carboxylic acids is 2. The van der Waals surface area contributed by atoms with E-state index < -0.39 is 15.7 Å². The first kappa shape index (κ1) is 30.2. The molecule has 0 bridgehead atoms. The Balaban J connectivity index is 1.39. The van der Waals surface area contributed by atoms with Gasteiger partial charge in [0.1, 0.15) is 0 Å². The first-order valence-corrected chi connectivity index (χ1v) is 15.9. The van der Waals surface area contributed by atoms with Crippen LogP contribution >= 0.6 is 22.9 Å². The maximum atomic E-state index is 13.0. The summed E-state index contributed by atoms with van der Waals surface area (Å²) in [4.78, 5) is 34.5. The quantitative estimate of drug-likeness (QED) is 0.155. The van der Waals surface area contributed by atoms with Gasteiger partial charge in [0.05, 0.1) is 43.7 Å². The molecule has 2 amide bonds. The third-order valence-corrected chi connectivity index (χ3v) is 9.70. The van der Waals surface area contributed by atoms with E-state index in [1.807, 2.05) is 13.8 Å². The van der Waals surface area contributed by atoms with Crippen molar-refractivity contribution in [1.29, 1.82) is 0 Å². The zero-order valence-corrected chi connectivity index (χ0v) is 24.9. The molecular weight excluding hydrogens is 582 g/mol. The highest BCUT2D eigenvalue weighted by Crippen LogP contribution is 2.26. The highest BCUT2D eigenvalue weighted by atomic mass is 35.5. The molecule has 0 aliphatic carbocycles. The summed E-state index contributed by atoms with van der Waals surface area (Å²) in [6, 6.07) is 14.7. The van der Waals surface area contributed by atoms with Gasteiger partial charge in [0.2, 0.25) is 5.95 Å². The molecule has 0 fully saturated rings. The van der Waals surface area contributed by atoms with E-state index in [0.717, 1.165) is 12.8 Å². The Kier molecular flexibility index (Phi) is 10.1. The first-order chi connectivity index (χ1) is 19.7. The van der Waals surface area contributed by atoms with Crippen molar-refractivity contribution < 1.29 is 18.0 Å². The Morgan fingerprint density at radius 2 is 1.51 bits per heavy atom. The lowest BCUT2D eigenvalue weighted by Gasteiger charge is -2.16. The van der Waals surface area contributed by atoms with Gasteiger partial charge in [-0.05, 0) is 66.8 Å². The molecule has 4 rings (SSSR count). The number of anilines is 4. The number of benzene rings is 2. The van der Waals surface area contributed by atoms with Crippen molar-refractivity contribution in [3.8, 4) is 0 Å². The Hall–Kier alpha value is -3.80. The van der Waals surface area contributed by atoms with Crippen molar-refractivity contribution in [2.45, 2.75) is 49.7 Å². The molecule has 0 saturated carbocycles. The molecule has 0 aliphatic rings. The second-order valence-corrected chi connectivity index (χ2v) is 12.9. The minimum absolute atomic E-state index is 0.174. The van der Waals surface area contributed by atoms with Gasteiger partial charge in [-0.25, -0.2) is 18.4 Å².